The molecule has 2 N–H and O–H groups in total. The van der Waals surface area contributed by atoms with Crippen molar-refractivity contribution in [2.24, 2.45) is 5.92 Å². The zero-order valence-corrected chi connectivity index (χ0v) is 15.5. The maximum atomic E-state index is 12.5. The molecule has 0 saturated carbocycles. The SMILES string of the molecule is CCn1cc(NC(=O)C(C)n2cc(Cl)cn2)c(C(=O)NCC(C)C)n1. The number of carbonyl (C=O) groups excluding carboxylic acids is 2. The number of anilines is 1. The van der Waals surface area contributed by atoms with E-state index in [1.807, 2.05) is 20.8 Å². The van der Waals surface area contributed by atoms with Crippen molar-refractivity contribution >= 4 is 29.1 Å². The van der Waals surface area contributed by atoms with Crippen LogP contribution in [0.25, 0.3) is 0 Å². The second-order valence-corrected chi connectivity index (χ2v) is 6.59. The Balaban J connectivity index is 2.16. The normalized spacial score (nSPS) is 12.2. The van der Waals surface area contributed by atoms with Gasteiger partial charge in [0.1, 0.15) is 6.04 Å². The van der Waals surface area contributed by atoms with Gasteiger partial charge in [-0.25, -0.2) is 0 Å². The molecule has 0 saturated heterocycles. The van der Waals surface area contributed by atoms with Gasteiger partial charge < -0.3 is 10.6 Å². The van der Waals surface area contributed by atoms with Crippen LogP contribution in [-0.2, 0) is 11.3 Å². The molecule has 0 bridgehead atoms. The van der Waals surface area contributed by atoms with Crippen LogP contribution in [0.3, 0.4) is 0 Å². The second-order valence-electron chi connectivity index (χ2n) is 6.15. The summed E-state index contributed by atoms with van der Waals surface area (Å²) in [6, 6.07) is -0.580. The molecule has 2 heterocycles. The summed E-state index contributed by atoms with van der Waals surface area (Å²) >= 11 is 5.84. The highest BCUT2D eigenvalue weighted by Crippen LogP contribution is 2.17. The van der Waals surface area contributed by atoms with Gasteiger partial charge in [-0.3, -0.25) is 19.0 Å². The smallest absolute Gasteiger partial charge is 0.273 e. The van der Waals surface area contributed by atoms with Crippen molar-refractivity contribution in [3.05, 3.63) is 29.3 Å². The number of aryl methyl sites for hydroxylation is 1. The Morgan fingerprint density at radius 1 is 1.28 bits per heavy atom. The molecule has 1 unspecified atom stereocenters. The molecule has 0 radical (unpaired) electrons. The van der Waals surface area contributed by atoms with Gasteiger partial charge in [0.25, 0.3) is 5.91 Å². The van der Waals surface area contributed by atoms with Crippen molar-refractivity contribution in [3.63, 3.8) is 0 Å². The number of amides is 2. The lowest BCUT2D eigenvalue weighted by molar-refractivity contribution is -0.119. The van der Waals surface area contributed by atoms with Gasteiger partial charge in [0.15, 0.2) is 5.69 Å². The second kappa shape index (κ2) is 8.15. The first-order valence-corrected chi connectivity index (χ1v) is 8.55. The highest BCUT2D eigenvalue weighted by molar-refractivity contribution is 6.30. The maximum absolute atomic E-state index is 12.5. The summed E-state index contributed by atoms with van der Waals surface area (Å²) in [5, 5.41) is 14.3. The molecule has 8 nitrogen and oxygen atoms in total. The lowest BCUT2D eigenvalue weighted by Gasteiger charge is -2.12. The third-order valence-electron chi connectivity index (χ3n) is 3.58. The predicted octanol–water partition coefficient (Wildman–Crippen LogP) is 2.34. The van der Waals surface area contributed by atoms with Crippen LogP contribution in [0.5, 0.6) is 0 Å². The molecule has 136 valence electrons. The lowest BCUT2D eigenvalue weighted by atomic mass is 10.2. The van der Waals surface area contributed by atoms with Crippen LogP contribution in [0.15, 0.2) is 18.6 Å². The van der Waals surface area contributed by atoms with Gasteiger partial charge in [-0.15, -0.1) is 0 Å². The summed E-state index contributed by atoms with van der Waals surface area (Å²) in [4.78, 5) is 24.8. The molecule has 2 rings (SSSR count). The number of carbonyl (C=O) groups is 2. The molecule has 0 spiro atoms. The topological polar surface area (TPSA) is 93.8 Å². The first-order valence-electron chi connectivity index (χ1n) is 8.18. The summed E-state index contributed by atoms with van der Waals surface area (Å²) in [5.74, 6) is -0.306. The standard InChI is InChI=1S/C16H23ClN6O2/c1-5-22-9-13(14(21-22)16(25)18-6-10(2)3)20-15(24)11(4)23-8-12(17)7-19-23/h7-11H,5-6H2,1-4H3,(H,18,25)(H,20,24). The van der Waals surface area contributed by atoms with Crippen LogP contribution in [0.2, 0.25) is 5.02 Å². The Morgan fingerprint density at radius 3 is 2.56 bits per heavy atom. The molecule has 2 aromatic rings. The van der Waals surface area contributed by atoms with Crippen molar-refractivity contribution in [2.45, 2.75) is 40.3 Å². The first kappa shape index (κ1) is 19.0. The summed E-state index contributed by atoms with van der Waals surface area (Å²) < 4.78 is 3.07. The van der Waals surface area contributed by atoms with Crippen LogP contribution in [0.4, 0.5) is 5.69 Å². The van der Waals surface area contributed by atoms with Gasteiger partial charge in [-0.1, -0.05) is 25.4 Å². The van der Waals surface area contributed by atoms with Crippen LogP contribution >= 0.6 is 11.6 Å². The highest BCUT2D eigenvalue weighted by Gasteiger charge is 2.22. The van der Waals surface area contributed by atoms with Crippen LogP contribution in [0, 0.1) is 5.92 Å². The average Bonchev–Trinajstić information content (AvgIpc) is 3.18. The van der Waals surface area contributed by atoms with E-state index < -0.39 is 6.04 Å². The molecule has 0 aliphatic rings. The van der Waals surface area contributed by atoms with E-state index >= 15 is 0 Å². The predicted molar refractivity (Wildman–Crippen MR) is 95.6 cm³/mol. The first-order chi connectivity index (χ1) is 11.8. The molecule has 0 aromatic carbocycles. The lowest BCUT2D eigenvalue weighted by Crippen LogP contribution is -2.29. The fourth-order valence-corrected chi connectivity index (χ4v) is 2.25. The Hall–Kier alpha value is -2.35. The summed E-state index contributed by atoms with van der Waals surface area (Å²) in [6.45, 7) is 8.73. The fraction of sp³-hybridized carbons (Fsp3) is 0.500. The highest BCUT2D eigenvalue weighted by atomic mass is 35.5. The summed E-state index contributed by atoms with van der Waals surface area (Å²) in [6.07, 6.45) is 4.67. The van der Waals surface area contributed by atoms with Gasteiger partial charge in [0.05, 0.1) is 16.9 Å². The van der Waals surface area contributed by atoms with Gasteiger partial charge in [0.2, 0.25) is 5.91 Å². The molecular weight excluding hydrogens is 344 g/mol. The number of aromatic nitrogens is 4. The van der Waals surface area contributed by atoms with E-state index in [0.717, 1.165) is 0 Å². The maximum Gasteiger partial charge on any atom is 0.273 e. The Morgan fingerprint density at radius 2 is 2.00 bits per heavy atom. The fourth-order valence-electron chi connectivity index (χ4n) is 2.11. The molecule has 0 aliphatic heterocycles. The van der Waals surface area contributed by atoms with Gasteiger partial charge >= 0.3 is 0 Å². The zero-order valence-electron chi connectivity index (χ0n) is 14.8. The molecule has 1 atom stereocenters. The summed E-state index contributed by atoms with van der Waals surface area (Å²) in [5.41, 5.74) is 0.569. The van der Waals surface area contributed by atoms with E-state index in [0.29, 0.717) is 29.7 Å². The van der Waals surface area contributed by atoms with E-state index in [2.05, 4.69) is 20.8 Å². The van der Waals surface area contributed by atoms with E-state index in [1.54, 1.807) is 24.0 Å². The molecule has 25 heavy (non-hydrogen) atoms. The average molecular weight is 367 g/mol. The minimum atomic E-state index is -0.580. The number of rotatable bonds is 7. The third kappa shape index (κ3) is 4.82. The molecule has 0 aliphatic carbocycles. The molecule has 2 aromatic heterocycles. The van der Waals surface area contributed by atoms with E-state index in [-0.39, 0.29) is 17.5 Å². The number of nitrogens with zero attached hydrogens (tertiary/aromatic N) is 4. The van der Waals surface area contributed by atoms with Crippen LogP contribution in [0.1, 0.15) is 44.2 Å². The van der Waals surface area contributed by atoms with Gasteiger partial charge in [0, 0.05) is 25.5 Å². The van der Waals surface area contributed by atoms with Crippen molar-refractivity contribution in [3.8, 4) is 0 Å². The molecule has 2 amide bonds. The number of hydrogen-bond donors (Lipinski definition) is 2. The minimum absolute atomic E-state index is 0.196. The molecule has 9 heteroatoms. The van der Waals surface area contributed by atoms with E-state index in [1.165, 1.54) is 10.9 Å². The van der Waals surface area contributed by atoms with Gasteiger partial charge in [-0.2, -0.15) is 10.2 Å². The Kier molecular flexibility index (Phi) is 6.19. The third-order valence-corrected chi connectivity index (χ3v) is 3.77. The van der Waals surface area contributed by atoms with Crippen molar-refractivity contribution in [1.82, 2.24) is 24.9 Å². The van der Waals surface area contributed by atoms with Crippen molar-refractivity contribution in [1.29, 1.82) is 0 Å². The number of nitrogens with one attached hydrogen (secondary N) is 2. The summed E-state index contributed by atoms with van der Waals surface area (Å²) in [7, 11) is 0. The van der Waals surface area contributed by atoms with E-state index in [9.17, 15) is 9.59 Å². The van der Waals surface area contributed by atoms with Crippen LogP contribution < -0.4 is 10.6 Å². The largest absolute Gasteiger partial charge is 0.350 e. The number of halogens is 1. The molecular formula is C16H23ClN6O2. The monoisotopic (exact) mass is 366 g/mol. The number of hydrogen-bond acceptors (Lipinski definition) is 4. The zero-order chi connectivity index (χ0) is 18.6. The Bertz CT molecular complexity index is 752. The van der Waals surface area contributed by atoms with Crippen molar-refractivity contribution < 1.29 is 9.59 Å². The van der Waals surface area contributed by atoms with Crippen molar-refractivity contribution in [2.75, 3.05) is 11.9 Å². The van der Waals surface area contributed by atoms with E-state index in [4.69, 9.17) is 11.6 Å². The minimum Gasteiger partial charge on any atom is -0.350 e. The molecule has 0 fully saturated rings. The van der Waals surface area contributed by atoms with Gasteiger partial charge in [-0.05, 0) is 19.8 Å². The van der Waals surface area contributed by atoms with Crippen LogP contribution in [-0.4, -0.2) is 37.9 Å². The quantitative estimate of drug-likeness (QED) is 0.786. The Labute approximate surface area is 151 Å².